The van der Waals surface area contributed by atoms with E-state index in [2.05, 4.69) is 69.9 Å². The van der Waals surface area contributed by atoms with Gasteiger partial charge in [-0.05, 0) is 49.6 Å². The average molecular weight is 279 g/mol. The Bertz CT molecular complexity index is 374. The van der Waals surface area contributed by atoms with Crippen LogP contribution in [0.5, 0.6) is 0 Å². The van der Waals surface area contributed by atoms with Crippen molar-refractivity contribution >= 4 is 11.8 Å². The van der Waals surface area contributed by atoms with Crippen molar-refractivity contribution < 1.29 is 0 Å². The Morgan fingerprint density at radius 3 is 2.58 bits per heavy atom. The minimum absolute atomic E-state index is 0.591. The zero-order valence-corrected chi connectivity index (χ0v) is 13.9. The van der Waals surface area contributed by atoms with Gasteiger partial charge >= 0.3 is 0 Å². The quantitative estimate of drug-likeness (QED) is 0.759. The van der Waals surface area contributed by atoms with Crippen molar-refractivity contribution in [1.29, 1.82) is 0 Å². The maximum atomic E-state index is 3.70. The van der Waals surface area contributed by atoms with E-state index in [0.717, 1.165) is 13.0 Å². The highest BCUT2D eigenvalue weighted by Gasteiger charge is 2.11. The number of aryl methyl sites for hydroxylation is 2. The molecule has 0 radical (unpaired) electrons. The van der Waals surface area contributed by atoms with Crippen molar-refractivity contribution in [3.8, 4) is 0 Å². The molecule has 0 aliphatic rings. The maximum absolute atomic E-state index is 3.70. The summed E-state index contributed by atoms with van der Waals surface area (Å²) in [6.07, 6.45) is 2.35. The van der Waals surface area contributed by atoms with E-state index in [0.29, 0.717) is 11.3 Å². The second-order valence-corrected chi connectivity index (χ2v) is 7.28. The van der Waals surface area contributed by atoms with E-state index in [1.807, 2.05) is 0 Å². The molecule has 1 rings (SSSR count). The highest BCUT2D eigenvalue weighted by molar-refractivity contribution is 7.99. The van der Waals surface area contributed by atoms with E-state index in [-0.39, 0.29) is 0 Å². The van der Waals surface area contributed by atoms with Gasteiger partial charge in [0.25, 0.3) is 0 Å². The molecule has 0 saturated heterocycles. The Morgan fingerprint density at radius 1 is 1.21 bits per heavy atom. The van der Waals surface area contributed by atoms with E-state index in [9.17, 15) is 0 Å². The molecule has 1 atom stereocenters. The van der Waals surface area contributed by atoms with Gasteiger partial charge in [0.05, 0.1) is 0 Å². The SMILES string of the molecule is CCCNC(CSC(C)C)Cc1cc(C)ccc1C. The topological polar surface area (TPSA) is 12.0 Å². The highest BCUT2D eigenvalue weighted by Crippen LogP contribution is 2.17. The van der Waals surface area contributed by atoms with Crippen molar-refractivity contribution in [2.24, 2.45) is 0 Å². The number of thioether (sulfide) groups is 1. The monoisotopic (exact) mass is 279 g/mol. The predicted molar refractivity (Wildman–Crippen MR) is 89.3 cm³/mol. The molecule has 0 heterocycles. The van der Waals surface area contributed by atoms with E-state index in [1.54, 1.807) is 0 Å². The fourth-order valence-corrected chi connectivity index (χ4v) is 2.99. The van der Waals surface area contributed by atoms with Crippen LogP contribution >= 0.6 is 11.8 Å². The van der Waals surface area contributed by atoms with Crippen molar-refractivity contribution in [1.82, 2.24) is 5.32 Å². The Hall–Kier alpha value is -0.470. The van der Waals surface area contributed by atoms with Gasteiger partial charge in [-0.15, -0.1) is 0 Å². The number of hydrogen-bond donors (Lipinski definition) is 1. The lowest BCUT2D eigenvalue weighted by Gasteiger charge is -2.20. The first-order valence-electron chi connectivity index (χ1n) is 7.44. The van der Waals surface area contributed by atoms with Crippen LogP contribution in [-0.2, 0) is 6.42 Å². The fourth-order valence-electron chi connectivity index (χ4n) is 2.13. The van der Waals surface area contributed by atoms with Crippen LogP contribution in [-0.4, -0.2) is 23.6 Å². The zero-order chi connectivity index (χ0) is 14.3. The fraction of sp³-hybridized carbons (Fsp3) is 0.647. The summed E-state index contributed by atoms with van der Waals surface area (Å²) >= 11 is 2.06. The zero-order valence-electron chi connectivity index (χ0n) is 13.1. The van der Waals surface area contributed by atoms with Crippen LogP contribution in [0.2, 0.25) is 0 Å². The van der Waals surface area contributed by atoms with Crippen LogP contribution in [0, 0.1) is 13.8 Å². The summed E-state index contributed by atoms with van der Waals surface area (Å²) in [5.74, 6) is 1.20. The second kappa shape index (κ2) is 8.65. The molecule has 1 aromatic carbocycles. The molecule has 1 aromatic rings. The molecule has 1 nitrogen and oxygen atoms in total. The van der Waals surface area contributed by atoms with Gasteiger partial charge in [-0.1, -0.05) is 44.5 Å². The van der Waals surface area contributed by atoms with Gasteiger partial charge in [0.15, 0.2) is 0 Å². The van der Waals surface area contributed by atoms with Gasteiger partial charge in [0.1, 0.15) is 0 Å². The van der Waals surface area contributed by atoms with Gasteiger partial charge < -0.3 is 5.32 Å². The van der Waals surface area contributed by atoms with E-state index < -0.39 is 0 Å². The van der Waals surface area contributed by atoms with Crippen LogP contribution in [0.1, 0.15) is 43.9 Å². The molecule has 1 unspecified atom stereocenters. The summed E-state index contributed by atoms with van der Waals surface area (Å²) in [5.41, 5.74) is 4.28. The van der Waals surface area contributed by atoms with Crippen LogP contribution in [0.25, 0.3) is 0 Å². The van der Waals surface area contributed by atoms with Crippen LogP contribution in [0.15, 0.2) is 18.2 Å². The Balaban J connectivity index is 2.66. The van der Waals surface area contributed by atoms with Gasteiger partial charge in [-0.3, -0.25) is 0 Å². The molecule has 0 bridgehead atoms. The molecule has 0 spiro atoms. The number of hydrogen-bond acceptors (Lipinski definition) is 2. The first kappa shape index (κ1) is 16.6. The number of nitrogens with one attached hydrogen (secondary N) is 1. The lowest BCUT2D eigenvalue weighted by molar-refractivity contribution is 0.549. The van der Waals surface area contributed by atoms with Crippen molar-refractivity contribution in [3.63, 3.8) is 0 Å². The van der Waals surface area contributed by atoms with Gasteiger partial charge in [-0.2, -0.15) is 11.8 Å². The van der Waals surface area contributed by atoms with Gasteiger partial charge in [-0.25, -0.2) is 0 Å². The van der Waals surface area contributed by atoms with Gasteiger partial charge in [0, 0.05) is 11.8 Å². The molecular formula is C17H29NS. The molecule has 0 saturated carbocycles. The Morgan fingerprint density at radius 2 is 1.95 bits per heavy atom. The van der Waals surface area contributed by atoms with Gasteiger partial charge in [0.2, 0.25) is 0 Å². The average Bonchev–Trinajstić information content (AvgIpc) is 2.36. The molecule has 1 N–H and O–H groups in total. The normalized spacial score (nSPS) is 12.9. The van der Waals surface area contributed by atoms with Crippen LogP contribution in [0.4, 0.5) is 0 Å². The molecule has 0 aliphatic carbocycles. The minimum atomic E-state index is 0.591. The first-order chi connectivity index (χ1) is 9.02. The second-order valence-electron chi connectivity index (χ2n) is 5.67. The van der Waals surface area contributed by atoms with E-state index in [4.69, 9.17) is 0 Å². The van der Waals surface area contributed by atoms with Crippen LogP contribution < -0.4 is 5.32 Å². The standard InChI is InChI=1S/C17H29NS/c1-6-9-18-17(12-19-13(2)3)11-16-10-14(4)7-8-15(16)5/h7-8,10,13,17-18H,6,9,11-12H2,1-5H3. The lowest BCUT2D eigenvalue weighted by Crippen LogP contribution is -2.34. The summed E-state index contributed by atoms with van der Waals surface area (Å²) in [4.78, 5) is 0. The molecule has 0 fully saturated rings. The van der Waals surface area contributed by atoms with Crippen molar-refractivity contribution in [2.45, 2.75) is 58.8 Å². The van der Waals surface area contributed by atoms with Crippen LogP contribution in [0.3, 0.4) is 0 Å². The number of benzene rings is 1. The smallest absolute Gasteiger partial charge is 0.0198 e. The molecule has 19 heavy (non-hydrogen) atoms. The molecular weight excluding hydrogens is 250 g/mol. The molecule has 0 aromatic heterocycles. The van der Waals surface area contributed by atoms with Crippen molar-refractivity contribution in [2.75, 3.05) is 12.3 Å². The third kappa shape index (κ3) is 6.49. The molecule has 0 aliphatic heterocycles. The summed E-state index contributed by atoms with van der Waals surface area (Å²) < 4.78 is 0. The summed E-state index contributed by atoms with van der Waals surface area (Å²) in [6.45, 7) is 12.3. The molecule has 2 heteroatoms. The Kier molecular flexibility index (Phi) is 7.55. The maximum Gasteiger partial charge on any atom is 0.0198 e. The third-order valence-electron chi connectivity index (χ3n) is 3.28. The minimum Gasteiger partial charge on any atom is -0.313 e. The predicted octanol–water partition coefficient (Wildman–Crippen LogP) is 4.36. The highest BCUT2D eigenvalue weighted by atomic mass is 32.2. The van der Waals surface area contributed by atoms with E-state index in [1.165, 1.54) is 28.9 Å². The third-order valence-corrected chi connectivity index (χ3v) is 4.55. The Labute approximate surface area is 123 Å². The van der Waals surface area contributed by atoms with Crippen molar-refractivity contribution in [3.05, 3.63) is 34.9 Å². The summed E-state index contributed by atoms with van der Waals surface area (Å²) in [7, 11) is 0. The lowest BCUT2D eigenvalue weighted by atomic mass is 9.99. The summed E-state index contributed by atoms with van der Waals surface area (Å²) in [5, 5.41) is 4.41. The molecule has 108 valence electrons. The van der Waals surface area contributed by atoms with E-state index >= 15 is 0 Å². The summed E-state index contributed by atoms with van der Waals surface area (Å²) in [6, 6.07) is 7.39. The molecule has 0 amide bonds. The number of rotatable bonds is 8. The largest absolute Gasteiger partial charge is 0.313 e. The first-order valence-corrected chi connectivity index (χ1v) is 8.49.